The summed E-state index contributed by atoms with van der Waals surface area (Å²) in [6.45, 7) is 8.19. The minimum absolute atomic E-state index is 0.480. The second-order valence-electron chi connectivity index (χ2n) is 6.86. The number of guanidine groups is 1. The first-order valence-corrected chi connectivity index (χ1v) is 10.1. The Balaban J connectivity index is 1.42. The van der Waals surface area contributed by atoms with Gasteiger partial charge in [-0.3, -0.25) is 9.89 Å². The number of thiazole rings is 1. The highest BCUT2D eigenvalue weighted by molar-refractivity contribution is 7.11. The number of aliphatic imine (C=N–C) groups is 1. The molecular formula is C20H29N5S. The van der Waals surface area contributed by atoms with E-state index < -0.39 is 0 Å². The monoisotopic (exact) mass is 371 g/mol. The zero-order chi connectivity index (χ0) is 18.4. The highest BCUT2D eigenvalue weighted by Crippen LogP contribution is 2.16. The topological polar surface area (TPSA) is 52.6 Å². The van der Waals surface area contributed by atoms with E-state index in [2.05, 4.69) is 69.7 Å². The molecule has 0 amide bonds. The van der Waals surface area contributed by atoms with E-state index in [0.717, 1.165) is 55.7 Å². The number of aromatic nitrogens is 1. The van der Waals surface area contributed by atoms with Crippen LogP contribution >= 0.6 is 11.3 Å². The quantitative estimate of drug-likeness (QED) is 0.626. The fourth-order valence-corrected chi connectivity index (χ4v) is 4.11. The van der Waals surface area contributed by atoms with Crippen LogP contribution in [-0.4, -0.2) is 42.0 Å². The van der Waals surface area contributed by atoms with Crippen molar-refractivity contribution in [1.29, 1.82) is 0 Å². The molecule has 3 rings (SSSR count). The summed E-state index contributed by atoms with van der Waals surface area (Å²) in [6.07, 6.45) is 2.28. The van der Waals surface area contributed by atoms with Crippen LogP contribution in [-0.2, 0) is 13.1 Å². The number of rotatable bonds is 5. The smallest absolute Gasteiger partial charge is 0.191 e. The highest BCUT2D eigenvalue weighted by Gasteiger charge is 2.20. The number of benzene rings is 1. The summed E-state index contributed by atoms with van der Waals surface area (Å²) in [5, 5.41) is 8.08. The lowest BCUT2D eigenvalue weighted by Crippen LogP contribution is -2.48. The molecule has 0 aliphatic carbocycles. The van der Waals surface area contributed by atoms with Crippen LogP contribution in [0.3, 0.4) is 0 Å². The number of piperidine rings is 1. The first-order valence-electron chi connectivity index (χ1n) is 9.30. The van der Waals surface area contributed by atoms with Crippen LogP contribution in [0.25, 0.3) is 0 Å². The van der Waals surface area contributed by atoms with Crippen LogP contribution in [0.4, 0.5) is 0 Å². The number of likely N-dealkylation sites (tertiary alicyclic amines) is 1. The Morgan fingerprint density at radius 2 is 1.96 bits per heavy atom. The molecule has 0 spiro atoms. The second-order valence-corrected chi connectivity index (χ2v) is 8.14. The Hall–Kier alpha value is -1.92. The summed E-state index contributed by atoms with van der Waals surface area (Å²) < 4.78 is 0. The second kappa shape index (κ2) is 9.14. The molecule has 1 fully saturated rings. The SMILES string of the molecule is CN=C(NCc1nc(C)c(C)s1)NC1CCN(Cc2ccccc2)CC1. The molecule has 2 N–H and O–H groups in total. The largest absolute Gasteiger partial charge is 0.354 e. The predicted molar refractivity (Wildman–Crippen MR) is 110 cm³/mol. The number of nitrogens with one attached hydrogen (secondary N) is 2. The number of hydrogen-bond acceptors (Lipinski definition) is 4. The molecule has 1 aromatic heterocycles. The van der Waals surface area contributed by atoms with E-state index >= 15 is 0 Å². The molecule has 1 saturated heterocycles. The molecular weight excluding hydrogens is 342 g/mol. The van der Waals surface area contributed by atoms with Crippen molar-refractivity contribution in [3.05, 3.63) is 51.5 Å². The van der Waals surface area contributed by atoms with Crippen LogP contribution in [0.1, 0.15) is 34.0 Å². The predicted octanol–water partition coefficient (Wildman–Crippen LogP) is 3.09. The van der Waals surface area contributed by atoms with Crippen LogP contribution in [0, 0.1) is 13.8 Å². The highest BCUT2D eigenvalue weighted by atomic mass is 32.1. The maximum atomic E-state index is 4.58. The van der Waals surface area contributed by atoms with E-state index in [9.17, 15) is 0 Å². The Bertz CT molecular complexity index is 698. The average molecular weight is 372 g/mol. The van der Waals surface area contributed by atoms with Crippen molar-refractivity contribution in [3.8, 4) is 0 Å². The first-order chi connectivity index (χ1) is 12.6. The van der Waals surface area contributed by atoms with E-state index in [1.54, 1.807) is 11.3 Å². The van der Waals surface area contributed by atoms with Gasteiger partial charge >= 0.3 is 0 Å². The van der Waals surface area contributed by atoms with Crippen LogP contribution in [0.15, 0.2) is 35.3 Å². The van der Waals surface area contributed by atoms with Crippen molar-refractivity contribution in [2.45, 2.75) is 45.8 Å². The van der Waals surface area contributed by atoms with E-state index in [4.69, 9.17) is 0 Å². The van der Waals surface area contributed by atoms with E-state index in [1.165, 1.54) is 10.4 Å². The van der Waals surface area contributed by atoms with Gasteiger partial charge in [-0.15, -0.1) is 11.3 Å². The molecule has 0 radical (unpaired) electrons. The molecule has 1 aliphatic heterocycles. The lowest BCUT2D eigenvalue weighted by atomic mass is 10.0. The zero-order valence-corrected chi connectivity index (χ0v) is 16.8. The fraction of sp³-hybridized carbons (Fsp3) is 0.500. The summed E-state index contributed by atoms with van der Waals surface area (Å²) >= 11 is 1.75. The molecule has 26 heavy (non-hydrogen) atoms. The number of nitrogens with zero attached hydrogens (tertiary/aromatic N) is 3. The molecule has 5 nitrogen and oxygen atoms in total. The van der Waals surface area contributed by atoms with Crippen molar-refractivity contribution in [1.82, 2.24) is 20.5 Å². The molecule has 140 valence electrons. The summed E-state index contributed by atoms with van der Waals surface area (Å²) in [5.74, 6) is 0.872. The van der Waals surface area contributed by atoms with Crippen molar-refractivity contribution in [3.63, 3.8) is 0 Å². The maximum absolute atomic E-state index is 4.58. The summed E-state index contributed by atoms with van der Waals surface area (Å²) in [4.78, 5) is 12.8. The molecule has 2 heterocycles. The minimum atomic E-state index is 0.480. The van der Waals surface area contributed by atoms with Gasteiger partial charge in [-0.25, -0.2) is 4.98 Å². The van der Waals surface area contributed by atoms with Gasteiger partial charge in [-0.2, -0.15) is 0 Å². The Morgan fingerprint density at radius 3 is 2.58 bits per heavy atom. The van der Waals surface area contributed by atoms with Crippen LogP contribution in [0.5, 0.6) is 0 Å². The maximum Gasteiger partial charge on any atom is 0.191 e. The van der Waals surface area contributed by atoms with Crippen molar-refractivity contribution in [2.24, 2.45) is 4.99 Å². The summed E-state index contributed by atoms with van der Waals surface area (Å²) in [6, 6.07) is 11.2. The molecule has 0 atom stereocenters. The molecule has 6 heteroatoms. The van der Waals surface area contributed by atoms with Gasteiger partial charge in [0.15, 0.2) is 5.96 Å². The van der Waals surface area contributed by atoms with Gasteiger partial charge in [0.1, 0.15) is 5.01 Å². The van der Waals surface area contributed by atoms with Crippen LogP contribution in [0.2, 0.25) is 0 Å². The summed E-state index contributed by atoms with van der Waals surface area (Å²) in [7, 11) is 1.83. The third-order valence-corrected chi connectivity index (χ3v) is 5.95. The van der Waals surface area contributed by atoms with Crippen molar-refractivity contribution >= 4 is 17.3 Å². The minimum Gasteiger partial charge on any atom is -0.354 e. The lowest BCUT2D eigenvalue weighted by Gasteiger charge is -2.33. The Labute approximate surface area is 160 Å². The number of hydrogen-bond donors (Lipinski definition) is 2. The average Bonchev–Trinajstić information content (AvgIpc) is 2.98. The van der Waals surface area contributed by atoms with Crippen molar-refractivity contribution in [2.75, 3.05) is 20.1 Å². The standard InChI is InChI=1S/C20H29N5S/c1-15-16(2)26-19(23-15)13-22-20(21-3)24-18-9-11-25(12-10-18)14-17-7-5-4-6-8-17/h4-8,18H,9-14H2,1-3H3,(H2,21,22,24). The summed E-state index contributed by atoms with van der Waals surface area (Å²) in [5.41, 5.74) is 2.52. The normalized spacial score (nSPS) is 16.7. The van der Waals surface area contributed by atoms with E-state index in [1.807, 2.05) is 7.05 Å². The van der Waals surface area contributed by atoms with Gasteiger partial charge in [-0.05, 0) is 32.3 Å². The Morgan fingerprint density at radius 1 is 1.23 bits per heavy atom. The van der Waals surface area contributed by atoms with E-state index in [-0.39, 0.29) is 0 Å². The molecule has 2 aromatic rings. The van der Waals surface area contributed by atoms with Crippen molar-refractivity contribution < 1.29 is 0 Å². The molecule has 1 aromatic carbocycles. The number of aryl methyl sites for hydroxylation is 2. The zero-order valence-electron chi connectivity index (χ0n) is 16.0. The van der Waals surface area contributed by atoms with Gasteiger partial charge in [0, 0.05) is 37.6 Å². The molecule has 0 bridgehead atoms. The molecule has 0 saturated carbocycles. The molecule has 0 unspecified atom stereocenters. The third kappa shape index (κ3) is 5.29. The first kappa shape index (κ1) is 18.9. The van der Waals surface area contributed by atoms with Gasteiger partial charge in [0.2, 0.25) is 0 Å². The van der Waals surface area contributed by atoms with Gasteiger partial charge in [0.05, 0.1) is 12.2 Å². The Kier molecular flexibility index (Phi) is 6.63. The van der Waals surface area contributed by atoms with E-state index in [0.29, 0.717) is 6.04 Å². The van der Waals surface area contributed by atoms with Gasteiger partial charge in [0.25, 0.3) is 0 Å². The van der Waals surface area contributed by atoms with Gasteiger partial charge < -0.3 is 10.6 Å². The third-order valence-electron chi connectivity index (χ3n) is 4.88. The van der Waals surface area contributed by atoms with Gasteiger partial charge in [-0.1, -0.05) is 30.3 Å². The van der Waals surface area contributed by atoms with Crippen LogP contribution < -0.4 is 10.6 Å². The molecule has 1 aliphatic rings. The lowest BCUT2D eigenvalue weighted by molar-refractivity contribution is 0.198. The fourth-order valence-electron chi connectivity index (χ4n) is 3.24.